The quantitative estimate of drug-likeness (QED) is 0.488. The molecule has 4 aromatic rings. The highest BCUT2D eigenvalue weighted by Crippen LogP contribution is 2.38. The fourth-order valence-corrected chi connectivity index (χ4v) is 4.94. The summed E-state index contributed by atoms with van der Waals surface area (Å²) in [7, 11) is 0. The van der Waals surface area contributed by atoms with Gasteiger partial charge in [0.1, 0.15) is 5.82 Å². The number of aromatic nitrogens is 3. The minimum Gasteiger partial charge on any atom is -0.377 e. The van der Waals surface area contributed by atoms with Crippen molar-refractivity contribution in [3.63, 3.8) is 0 Å². The molecule has 8 nitrogen and oxygen atoms in total. The van der Waals surface area contributed by atoms with Crippen LogP contribution >= 0.6 is 0 Å². The molecule has 0 saturated carbocycles. The number of morpholine rings is 1. The first-order chi connectivity index (χ1) is 16.6. The van der Waals surface area contributed by atoms with E-state index in [1.807, 2.05) is 36.7 Å². The Bertz CT molecular complexity index is 1400. The fourth-order valence-electron chi connectivity index (χ4n) is 4.94. The number of aromatic amines is 1. The van der Waals surface area contributed by atoms with E-state index in [0.717, 1.165) is 34.5 Å². The molecule has 4 heterocycles. The largest absolute Gasteiger partial charge is 0.377 e. The molecule has 3 N–H and O–H groups in total. The average Bonchev–Trinajstić information content (AvgIpc) is 3.33. The number of nitrogens with zero attached hydrogens (tertiary/aromatic N) is 4. The maximum atomic E-state index is 14.0. The summed E-state index contributed by atoms with van der Waals surface area (Å²) in [5.41, 5.74) is 9.20. The summed E-state index contributed by atoms with van der Waals surface area (Å²) >= 11 is 0. The number of rotatable bonds is 4. The van der Waals surface area contributed by atoms with E-state index < -0.39 is 11.7 Å². The summed E-state index contributed by atoms with van der Waals surface area (Å²) in [6.45, 7) is 2.86. The number of hydrogen-bond acceptors (Lipinski definition) is 6. The molecule has 1 atom stereocenters. The van der Waals surface area contributed by atoms with Crippen LogP contribution in [0.3, 0.4) is 0 Å². The molecule has 172 valence electrons. The molecule has 0 radical (unpaired) electrons. The second kappa shape index (κ2) is 8.11. The van der Waals surface area contributed by atoms with Gasteiger partial charge in [0.05, 0.1) is 31.1 Å². The molecular weight excluding hydrogens is 435 g/mol. The molecule has 0 aliphatic carbocycles. The van der Waals surface area contributed by atoms with E-state index in [9.17, 15) is 9.18 Å². The van der Waals surface area contributed by atoms with Crippen molar-refractivity contribution in [3.8, 4) is 11.4 Å². The van der Waals surface area contributed by atoms with Crippen LogP contribution in [0.4, 0.5) is 15.9 Å². The van der Waals surface area contributed by atoms with Crippen molar-refractivity contribution in [2.24, 2.45) is 5.73 Å². The summed E-state index contributed by atoms with van der Waals surface area (Å²) in [5, 5.41) is 1.06. The lowest BCUT2D eigenvalue weighted by atomic mass is 10.0. The van der Waals surface area contributed by atoms with Gasteiger partial charge in [-0.15, -0.1) is 0 Å². The summed E-state index contributed by atoms with van der Waals surface area (Å²) in [6.07, 6.45) is 3.72. The number of H-pyrrole nitrogens is 1. The second-order valence-electron chi connectivity index (χ2n) is 8.62. The average molecular weight is 458 g/mol. The van der Waals surface area contributed by atoms with E-state index in [1.54, 1.807) is 0 Å². The van der Waals surface area contributed by atoms with Crippen molar-refractivity contribution in [1.29, 1.82) is 0 Å². The van der Waals surface area contributed by atoms with Gasteiger partial charge in [-0.05, 0) is 35.9 Å². The molecule has 2 aliphatic rings. The number of nitrogens with two attached hydrogens (primary N) is 1. The summed E-state index contributed by atoms with van der Waals surface area (Å²) in [6, 6.07) is 12.2. The number of anilines is 2. The zero-order valence-electron chi connectivity index (χ0n) is 18.4. The van der Waals surface area contributed by atoms with Crippen LogP contribution in [0.2, 0.25) is 0 Å². The lowest BCUT2D eigenvalue weighted by Crippen LogP contribution is -2.55. The second-order valence-corrected chi connectivity index (χ2v) is 8.62. The van der Waals surface area contributed by atoms with Crippen LogP contribution in [0.15, 0.2) is 54.9 Å². The van der Waals surface area contributed by atoms with Gasteiger partial charge in [0.2, 0.25) is 5.91 Å². The number of carbonyl (C=O) groups is 1. The van der Waals surface area contributed by atoms with Gasteiger partial charge in [0.15, 0.2) is 11.6 Å². The van der Waals surface area contributed by atoms with Crippen LogP contribution in [-0.4, -0.2) is 53.2 Å². The van der Waals surface area contributed by atoms with Crippen molar-refractivity contribution < 1.29 is 13.9 Å². The highest BCUT2D eigenvalue weighted by molar-refractivity contribution is 5.95. The number of primary amides is 1. The topological polar surface area (TPSA) is 100 Å². The number of benzene rings is 2. The Morgan fingerprint density at radius 3 is 3.06 bits per heavy atom. The maximum absolute atomic E-state index is 14.0. The van der Waals surface area contributed by atoms with Crippen LogP contribution in [0.5, 0.6) is 0 Å². The van der Waals surface area contributed by atoms with E-state index in [2.05, 4.69) is 14.8 Å². The van der Waals surface area contributed by atoms with Crippen molar-refractivity contribution in [2.75, 3.05) is 36.1 Å². The van der Waals surface area contributed by atoms with Crippen molar-refractivity contribution in [2.45, 2.75) is 12.6 Å². The first-order valence-corrected chi connectivity index (χ1v) is 11.2. The highest BCUT2D eigenvalue weighted by atomic mass is 19.1. The number of halogens is 1. The number of fused-ring (bicyclic) bond motifs is 4. The lowest BCUT2D eigenvalue weighted by Gasteiger charge is -2.45. The fraction of sp³-hybridized carbons (Fsp3) is 0.240. The van der Waals surface area contributed by atoms with E-state index in [-0.39, 0.29) is 6.04 Å². The molecule has 2 aliphatic heterocycles. The summed E-state index contributed by atoms with van der Waals surface area (Å²) in [4.78, 5) is 29.2. The smallest absolute Gasteiger partial charge is 0.249 e. The molecule has 0 bridgehead atoms. The van der Waals surface area contributed by atoms with Gasteiger partial charge in [-0.2, -0.15) is 0 Å². The minimum absolute atomic E-state index is 0.0811. The number of ether oxygens (including phenoxy) is 1. The number of hydrogen-bond donors (Lipinski definition) is 2. The Labute approximate surface area is 195 Å². The van der Waals surface area contributed by atoms with Gasteiger partial charge in [0.25, 0.3) is 0 Å². The molecule has 6 rings (SSSR count). The predicted octanol–water partition coefficient (Wildman–Crippen LogP) is 3.09. The Morgan fingerprint density at radius 1 is 1.26 bits per heavy atom. The monoisotopic (exact) mass is 458 g/mol. The van der Waals surface area contributed by atoms with Crippen molar-refractivity contribution in [1.82, 2.24) is 15.0 Å². The Kier molecular flexibility index (Phi) is 4.91. The third-order valence-corrected chi connectivity index (χ3v) is 6.55. The summed E-state index contributed by atoms with van der Waals surface area (Å²) in [5.74, 6) is 0.459. The predicted molar refractivity (Wildman–Crippen MR) is 127 cm³/mol. The molecule has 1 fully saturated rings. The SMILES string of the molecule is NC(=O)c1ccc(F)cc1CN1CC2COCCN2c2nc(-c3cccc4[nH]ccc34)ncc21. The van der Waals surface area contributed by atoms with Crippen LogP contribution in [0.1, 0.15) is 15.9 Å². The third-order valence-electron chi connectivity index (χ3n) is 6.55. The van der Waals surface area contributed by atoms with Crippen LogP contribution in [-0.2, 0) is 11.3 Å². The Hall–Kier alpha value is -3.98. The van der Waals surface area contributed by atoms with Gasteiger partial charge < -0.3 is 25.3 Å². The minimum atomic E-state index is -0.582. The standard InChI is InChI=1S/C25H23FN6O2/c26-16-4-5-18(23(27)33)15(10-16)12-31-13-17-14-34-9-8-32(17)25-22(31)11-29-24(30-25)20-2-1-3-21-19(20)6-7-28-21/h1-7,10-11,17,28H,8-9,12-14H2,(H2,27,33). The molecule has 9 heteroatoms. The molecule has 0 spiro atoms. The van der Waals surface area contributed by atoms with E-state index >= 15 is 0 Å². The third kappa shape index (κ3) is 3.45. The first-order valence-electron chi connectivity index (χ1n) is 11.2. The van der Waals surface area contributed by atoms with Crippen LogP contribution in [0.25, 0.3) is 22.3 Å². The van der Waals surface area contributed by atoms with Crippen LogP contribution < -0.4 is 15.5 Å². The summed E-state index contributed by atoms with van der Waals surface area (Å²) < 4.78 is 19.8. The number of nitrogens with one attached hydrogen (secondary N) is 1. The Balaban J connectivity index is 1.44. The molecule has 1 unspecified atom stereocenters. The highest BCUT2D eigenvalue weighted by Gasteiger charge is 2.35. The normalized spacial score (nSPS) is 17.5. The number of carbonyl (C=O) groups excluding carboxylic acids is 1. The lowest BCUT2D eigenvalue weighted by molar-refractivity contribution is 0.0935. The number of amides is 1. The molecule has 1 amide bonds. The van der Waals surface area contributed by atoms with Gasteiger partial charge in [-0.1, -0.05) is 12.1 Å². The maximum Gasteiger partial charge on any atom is 0.249 e. The molecule has 2 aromatic carbocycles. The first kappa shape index (κ1) is 20.6. The Morgan fingerprint density at radius 2 is 2.18 bits per heavy atom. The van der Waals surface area contributed by atoms with Crippen LogP contribution in [0, 0.1) is 5.82 Å². The van der Waals surface area contributed by atoms with Gasteiger partial charge in [-0.25, -0.2) is 14.4 Å². The zero-order valence-corrected chi connectivity index (χ0v) is 18.4. The van der Waals surface area contributed by atoms with Crippen molar-refractivity contribution in [3.05, 3.63) is 71.8 Å². The van der Waals surface area contributed by atoms with Crippen molar-refractivity contribution >= 4 is 28.3 Å². The van der Waals surface area contributed by atoms with E-state index in [4.69, 9.17) is 20.4 Å². The molecular formula is C25H23FN6O2. The van der Waals surface area contributed by atoms with E-state index in [0.29, 0.717) is 43.3 Å². The molecule has 34 heavy (non-hydrogen) atoms. The van der Waals surface area contributed by atoms with Gasteiger partial charge >= 0.3 is 0 Å². The molecule has 1 saturated heterocycles. The van der Waals surface area contributed by atoms with Gasteiger partial charge in [0, 0.05) is 47.9 Å². The van der Waals surface area contributed by atoms with Gasteiger partial charge in [-0.3, -0.25) is 4.79 Å². The van der Waals surface area contributed by atoms with E-state index in [1.165, 1.54) is 18.2 Å². The molecule has 2 aromatic heterocycles. The zero-order chi connectivity index (χ0) is 23.2.